The minimum Gasteiger partial charge on any atom is -0.492 e. The number of pyridine rings is 1. The Morgan fingerprint density at radius 1 is 1.08 bits per heavy atom. The summed E-state index contributed by atoms with van der Waals surface area (Å²) in [5, 5.41) is 16.2. The van der Waals surface area contributed by atoms with E-state index in [1.165, 1.54) is 6.07 Å². The molecule has 0 saturated carbocycles. The third kappa shape index (κ3) is 4.68. The molecule has 11 heteroatoms. The Labute approximate surface area is 222 Å². The SMILES string of the molecule is Cc1nn(-c2ccccc2)c2nc(OCc3ccccc3F)c(-c3nc(O)c(N4CCOCC4)c(=O)[nH]3)cc12. The van der Waals surface area contributed by atoms with Crippen LogP contribution in [0.3, 0.4) is 0 Å². The molecule has 0 atom stereocenters. The molecule has 0 bridgehead atoms. The Morgan fingerprint density at radius 3 is 2.56 bits per heavy atom. The quantitative estimate of drug-likeness (QED) is 0.342. The van der Waals surface area contributed by atoms with Gasteiger partial charge in [-0.2, -0.15) is 15.1 Å². The van der Waals surface area contributed by atoms with Crippen LogP contribution in [0.25, 0.3) is 28.1 Å². The number of nitrogens with zero attached hydrogens (tertiary/aromatic N) is 5. The van der Waals surface area contributed by atoms with Crippen LogP contribution in [-0.4, -0.2) is 56.1 Å². The van der Waals surface area contributed by atoms with Crippen LogP contribution >= 0.6 is 0 Å². The molecule has 0 aliphatic carbocycles. The van der Waals surface area contributed by atoms with Crippen LogP contribution in [0.1, 0.15) is 11.3 Å². The fraction of sp³-hybridized carbons (Fsp3) is 0.214. The van der Waals surface area contributed by atoms with Gasteiger partial charge < -0.3 is 24.5 Å². The van der Waals surface area contributed by atoms with Crippen molar-refractivity contribution in [3.8, 4) is 28.8 Å². The van der Waals surface area contributed by atoms with E-state index in [0.29, 0.717) is 54.2 Å². The van der Waals surface area contributed by atoms with Crippen LogP contribution in [0.5, 0.6) is 11.8 Å². The number of aromatic nitrogens is 5. The maximum Gasteiger partial charge on any atom is 0.278 e. The molecule has 1 fully saturated rings. The van der Waals surface area contributed by atoms with Gasteiger partial charge in [-0.15, -0.1) is 0 Å². The van der Waals surface area contributed by atoms with Crippen molar-refractivity contribution in [2.24, 2.45) is 0 Å². The topological polar surface area (TPSA) is 118 Å². The lowest BCUT2D eigenvalue weighted by Gasteiger charge is -2.28. The number of hydrogen-bond acceptors (Lipinski definition) is 8. The Bertz CT molecular complexity index is 1710. The molecule has 0 unspecified atom stereocenters. The predicted molar refractivity (Wildman–Crippen MR) is 143 cm³/mol. The fourth-order valence-electron chi connectivity index (χ4n) is 4.61. The lowest BCUT2D eigenvalue weighted by molar-refractivity contribution is 0.122. The van der Waals surface area contributed by atoms with E-state index in [0.717, 1.165) is 5.69 Å². The average molecular weight is 529 g/mol. The second-order valence-electron chi connectivity index (χ2n) is 9.11. The molecule has 1 saturated heterocycles. The van der Waals surface area contributed by atoms with Gasteiger partial charge in [0.25, 0.3) is 5.56 Å². The Balaban J connectivity index is 1.49. The Morgan fingerprint density at radius 2 is 1.82 bits per heavy atom. The molecule has 3 aromatic heterocycles. The van der Waals surface area contributed by atoms with Crippen LogP contribution in [-0.2, 0) is 11.3 Å². The van der Waals surface area contributed by atoms with Crippen molar-refractivity contribution >= 4 is 16.7 Å². The minimum atomic E-state index is -0.503. The molecule has 0 radical (unpaired) electrons. The maximum atomic E-state index is 14.4. The van der Waals surface area contributed by atoms with Gasteiger partial charge in [0, 0.05) is 24.0 Å². The van der Waals surface area contributed by atoms with Crippen LogP contribution in [0.4, 0.5) is 10.1 Å². The van der Waals surface area contributed by atoms with Crippen LogP contribution in [0.2, 0.25) is 0 Å². The summed E-state index contributed by atoms with van der Waals surface area (Å²) in [6.07, 6.45) is 0. The Hall–Kier alpha value is -4.77. The summed E-state index contributed by atoms with van der Waals surface area (Å²) < 4.78 is 27.4. The standard InChI is InChI=1S/C28H25FN6O4/c1-17-20-15-21(24-30-26(36)23(27(37)31-24)34-11-13-38-14-12-34)28(39-16-18-7-5-6-10-22(18)29)32-25(20)35(33-17)19-8-3-2-4-9-19/h2-10,15H,11-14,16H2,1H3,(H2,30,31,36,37). The number of morpholine rings is 1. The van der Waals surface area contributed by atoms with Crippen molar-refractivity contribution in [3.63, 3.8) is 0 Å². The summed E-state index contributed by atoms with van der Waals surface area (Å²) in [5.41, 5.74) is 2.26. The molecular formula is C28H25FN6O4. The zero-order valence-electron chi connectivity index (χ0n) is 21.1. The molecule has 10 nitrogen and oxygen atoms in total. The smallest absolute Gasteiger partial charge is 0.278 e. The van der Waals surface area contributed by atoms with Gasteiger partial charge in [-0.1, -0.05) is 36.4 Å². The third-order valence-electron chi connectivity index (χ3n) is 6.59. The zero-order valence-corrected chi connectivity index (χ0v) is 21.1. The molecule has 6 rings (SSSR count). The maximum absolute atomic E-state index is 14.4. The largest absolute Gasteiger partial charge is 0.492 e. The van der Waals surface area contributed by atoms with Crippen molar-refractivity contribution in [3.05, 3.63) is 88.1 Å². The summed E-state index contributed by atoms with van der Waals surface area (Å²) in [5.74, 6) is -0.652. The number of para-hydroxylation sites is 1. The molecule has 39 heavy (non-hydrogen) atoms. The third-order valence-corrected chi connectivity index (χ3v) is 6.59. The summed E-state index contributed by atoms with van der Waals surface area (Å²) >= 11 is 0. The van der Waals surface area contributed by atoms with Crippen LogP contribution in [0.15, 0.2) is 65.5 Å². The van der Waals surface area contributed by atoms with E-state index in [-0.39, 0.29) is 24.0 Å². The second-order valence-corrected chi connectivity index (χ2v) is 9.11. The number of ether oxygens (including phenoxy) is 2. The lowest BCUT2D eigenvalue weighted by Crippen LogP contribution is -2.39. The van der Waals surface area contributed by atoms with Crippen molar-refractivity contribution in [2.45, 2.75) is 13.5 Å². The van der Waals surface area contributed by atoms with Crippen molar-refractivity contribution in [1.29, 1.82) is 0 Å². The summed E-state index contributed by atoms with van der Waals surface area (Å²) in [6.45, 7) is 3.54. The van der Waals surface area contributed by atoms with Gasteiger partial charge in [0.2, 0.25) is 11.8 Å². The predicted octanol–water partition coefficient (Wildman–Crippen LogP) is 3.74. The van der Waals surface area contributed by atoms with E-state index in [1.54, 1.807) is 33.8 Å². The zero-order chi connectivity index (χ0) is 26.9. The lowest BCUT2D eigenvalue weighted by atomic mass is 10.1. The number of halogens is 1. The highest BCUT2D eigenvalue weighted by Crippen LogP contribution is 2.34. The average Bonchev–Trinajstić information content (AvgIpc) is 3.28. The first-order valence-corrected chi connectivity index (χ1v) is 12.5. The van der Waals surface area contributed by atoms with E-state index in [1.807, 2.05) is 37.3 Å². The van der Waals surface area contributed by atoms with Gasteiger partial charge in [0.15, 0.2) is 11.3 Å². The number of aromatic amines is 1. The van der Waals surface area contributed by atoms with E-state index in [2.05, 4.69) is 15.1 Å². The number of aryl methyl sites for hydroxylation is 1. The molecule has 0 amide bonds. The number of benzene rings is 2. The first kappa shape index (κ1) is 24.6. The molecule has 1 aliphatic heterocycles. The highest BCUT2D eigenvalue weighted by molar-refractivity contribution is 5.86. The second kappa shape index (κ2) is 10.2. The first-order chi connectivity index (χ1) is 19.0. The van der Waals surface area contributed by atoms with Gasteiger partial charge >= 0.3 is 0 Å². The molecular weight excluding hydrogens is 503 g/mol. The van der Waals surface area contributed by atoms with E-state index >= 15 is 0 Å². The first-order valence-electron chi connectivity index (χ1n) is 12.5. The molecule has 1 aliphatic rings. The molecule has 4 heterocycles. The number of nitrogens with one attached hydrogen (secondary N) is 1. The molecule has 0 spiro atoms. The molecule has 2 aromatic carbocycles. The van der Waals surface area contributed by atoms with Crippen molar-refractivity contribution in [1.82, 2.24) is 24.7 Å². The summed E-state index contributed by atoms with van der Waals surface area (Å²) in [4.78, 5) is 26.7. The highest BCUT2D eigenvalue weighted by atomic mass is 19.1. The van der Waals surface area contributed by atoms with Crippen molar-refractivity contribution in [2.75, 3.05) is 31.2 Å². The Kier molecular flexibility index (Phi) is 6.41. The minimum absolute atomic E-state index is 0.0688. The molecule has 2 N–H and O–H groups in total. The van der Waals surface area contributed by atoms with Gasteiger partial charge in [-0.3, -0.25) is 4.79 Å². The number of H-pyrrole nitrogens is 1. The monoisotopic (exact) mass is 528 g/mol. The van der Waals surface area contributed by atoms with Crippen LogP contribution < -0.4 is 15.2 Å². The van der Waals surface area contributed by atoms with Gasteiger partial charge in [0.1, 0.15) is 18.2 Å². The fourth-order valence-corrected chi connectivity index (χ4v) is 4.61. The number of aromatic hydroxyl groups is 1. The number of fused-ring (bicyclic) bond motifs is 1. The van der Waals surface area contributed by atoms with Gasteiger partial charge in [-0.25, -0.2) is 9.07 Å². The van der Waals surface area contributed by atoms with Crippen LogP contribution in [0, 0.1) is 12.7 Å². The normalized spacial score (nSPS) is 13.6. The summed E-state index contributed by atoms with van der Waals surface area (Å²) in [6, 6.07) is 17.6. The number of hydrogen-bond donors (Lipinski definition) is 2. The van der Waals surface area contributed by atoms with Crippen molar-refractivity contribution < 1.29 is 19.0 Å². The van der Waals surface area contributed by atoms with Gasteiger partial charge in [-0.05, 0) is 31.2 Å². The highest BCUT2D eigenvalue weighted by Gasteiger charge is 2.24. The number of anilines is 1. The van der Waals surface area contributed by atoms with E-state index < -0.39 is 17.3 Å². The molecule has 198 valence electrons. The van der Waals surface area contributed by atoms with Gasteiger partial charge in [0.05, 0.1) is 30.2 Å². The van der Waals surface area contributed by atoms with E-state index in [4.69, 9.17) is 14.5 Å². The molecule has 5 aromatic rings. The number of rotatable bonds is 6. The summed E-state index contributed by atoms with van der Waals surface area (Å²) in [7, 11) is 0. The van der Waals surface area contributed by atoms with E-state index in [9.17, 15) is 14.3 Å².